The van der Waals surface area contributed by atoms with Crippen LogP contribution in [0.2, 0.25) is 0 Å². The van der Waals surface area contributed by atoms with Crippen LogP contribution in [0.25, 0.3) is 0 Å². The number of rotatable bonds is 5. The van der Waals surface area contributed by atoms with E-state index in [1.807, 2.05) is 18.5 Å². The van der Waals surface area contributed by atoms with E-state index in [1.54, 1.807) is 6.20 Å². The molecule has 0 aromatic carbocycles. The summed E-state index contributed by atoms with van der Waals surface area (Å²) in [6.07, 6.45) is 1.65. The zero-order chi connectivity index (χ0) is 12.3. The molecule has 0 unspecified atom stereocenters. The summed E-state index contributed by atoms with van der Waals surface area (Å²) in [6, 6.07) is 0.261. The van der Waals surface area contributed by atoms with Gasteiger partial charge in [0.2, 0.25) is 0 Å². The van der Waals surface area contributed by atoms with E-state index in [0.717, 1.165) is 5.82 Å². The molecule has 0 atom stereocenters. The van der Waals surface area contributed by atoms with Crippen LogP contribution in [0.15, 0.2) is 6.20 Å². The van der Waals surface area contributed by atoms with Gasteiger partial charge in [-0.2, -0.15) is 5.10 Å². The van der Waals surface area contributed by atoms with Crippen molar-refractivity contribution >= 4 is 11.5 Å². The Bertz CT molecular complexity index is 344. The van der Waals surface area contributed by atoms with Gasteiger partial charge in [-0.3, -0.25) is 0 Å². The molecule has 5 nitrogen and oxygen atoms in total. The summed E-state index contributed by atoms with van der Waals surface area (Å²) < 4.78 is 1.85. The fourth-order valence-corrected chi connectivity index (χ4v) is 1.33. The number of nitrogens with two attached hydrogens (primary N) is 1. The number of aliphatic hydroxyl groups excluding tert-OH is 1. The first-order valence-electron chi connectivity index (χ1n) is 5.55. The van der Waals surface area contributed by atoms with Gasteiger partial charge >= 0.3 is 0 Å². The number of hydrogen-bond donors (Lipinski definition) is 3. The summed E-state index contributed by atoms with van der Waals surface area (Å²) in [4.78, 5) is 0. The van der Waals surface area contributed by atoms with Crippen molar-refractivity contribution in [3.05, 3.63) is 6.20 Å². The Kier molecular flexibility index (Phi) is 3.80. The lowest BCUT2D eigenvalue weighted by Gasteiger charge is -2.23. The highest BCUT2D eigenvalue weighted by molar-refractivity contribution is 5.60. The molecular weight excluding hydrogens is 204 g/mol. The molecule has 0 saturated heterocycles. The van der Waals surface area contributed by atoms with Gasteiger partial charge in [0.05, 0.1) is 11.9 Å². The highest BCUT2D eigenvalue weighted by Gasteiger charge is 2.18. The molecule has 92 valence electrons. The second-order valence-electron chi connectivity index (χ2n) is 5.16. The first-order valence-corrected chi connectivity index (χ1v) is 5.55. The Morgan fingerprint density at radius 3 is 2.69 bits per heavy atom. The van der Waals surface area contributed by atoms with Gasteiger partial charge in [-0.05, 0) is 13.8 Å². The summed E-state index contributed by atoms with van der Waals surface area (Å²) in [5.74, 6) is 0.830. The Morgan fingerprint density at radius 1 is 1.56 bits per heavy atom. The van der Waals surface area contributed by atoms with Gasteiger partial charge < -0.3 is 16.2 Å². The average Bonchev–Trinajstić information content (AvgIpc) is 2.57. The van der Waals surface area contributed by atoms with Crippen LogP contribution < -0.4 is 11.1 Å². The molecule has 1 aromatic heterocycles. The van der Waals surface area contributed by atoms with Crippen LogP contribution in [0.4, 0.5) is 11.5 Å². The van der Waals surface area contributed by atoms with Crippen LogP contribution in [0.5, 0.6) is 0 Å². The first kappa shape index (κ1) is 12.8. The molecule has 0 aliphatic heterocycles. The van der Waals surface area contributed by atoms with Gasteiger partial charge in [-0.15, -0.1) is 0 Å². The van der Waals surface area contributed by atoms with Gasteiger partial charge in [-0.1, -0.05) is 13.8 Å². The average molecular weight is 226 g/mol. The van der Waals surface area contributed by atoms with Crippen LogP contribution >= 0.6 is 0 Å². The highest BCUT2D eigenvalue weighted by atomic mass is 16.3. The van der Waals surface area contributed by atoms with Crippen molar-refractivity contribution in [1.82, 2.24) is 9.78 Å². The van der Waals surface area contributed by atoms with E-state index in [-0.39, 0.29) is 18.1 Å². The van der Waals surface area contributed by atoms with E-state index >= 15 is 0 Å². The lowest BCUT2D eigenvalue weighted by molar-refractivity contribution is 0.170. The van der Waals surface area contributed by atoms with Crippen LogP contribution in [0, 0.1) is 5.41 Å². The van der Waals surface area contributed by atoms with Crippen molar-refractivity contribution in [2.45, 2.75) is 33.7 Å². The summed E-state index contributed by atoms with van der Waals surface area (Å²) in [6.45, 7) is 8.88. The highest BCUT2D eigenvalue weighted by Crippen LogP contribution is 2.23. The Balaban J connectivity index is 2.77. The van der Waals surface area contributed by atoms with Crippen molar-refractivity contribution in [1.29, 1.82) is 0 Å². The van der Waals surface area contributed by atoms with Crippen LogP contribution in [-0.4, -0.2) is 28.0 Å². The Morgan fingerprint density at radius 2 is 2.19 bits per heavy atom. The largest absolute Gasteiger partial charge is 0.396 e. The molecule has 0 fully saturated rings. The number of anilines is 2. The van der Waals surface area contributed by atoms with Gasteiger partial charge in [0, 0.05) is 24.6 Å². The molecule has 1 aromatic rings. The minimum Gasteiger partial charge on any atom is -0.396 e. The lowest BCUT2D eigenvalue weighted by Crippen LogP contribution is -2.28. The number of hydrogen-bond acceptors (Lipinski definition) is 4. The van der Waals surface area contributed by atoms with Crippen LogP contribution in [0.1, 0.15) is 33.7 Å². The van der Waals surface area contributed by atoms with Crippen LogP contribution in [-0.2, 0) is 0 Å². The third-order valence-electron chi connectivity index (χ3n) is 2.48. The van der Waals surface area contributed by atoms with E-state index in [4.69, 9.17) is 5.73 Å². The molecular formula is C11H22N4O. The fourth-order valence-electron chi connectivity index (χ4n) is 1.33. The van der Waals surface area contributed by atoms with E-state index in [2.05, 4.69) is 24.3 Å². The van der Waals surface area contributed by atoms with Gasteiger partial charge in [0.1, 0.15) is 5.82 Å². The van der Waals surface area contributed by atoms with Gasteiger partial charge in [0.15, 0.2) is 0 Å². The molecule has 4 N–H and O–H groups in total. The Hall–Kier alpha value is -1.23. The molecule has 16 heavy (non-hydrogen) atoms. The summed E-state index contributed by atoms with van der Waals surface area (Å²) in [7, 11) is 0. The molecule has 5 heteroatoms. The topological polar surface area (TPSA) is 76.1 Å². The van der Waals surface area contributed by atoms with E-state index in [0.29, 0.717) is 12.2 Å². The monoisotopic (exact) mass is 226 g/mol. The minimum absolute atomic E-state index is 0.135. The second-order valence-corrected chi connectivity index (χ2v) is 5.16. The SMILES string of the molecule is CC(C)n1ncc(N)c1NCC(C)(C)CO. The standard InChI is InChI=1S/C11H22N4O/c1-8(2)15-10(9(12)5-14-15)13-6-11(3,4)7-16/h5,8,13,16H,6-7,12H2,1-4H3. The normalized spacial score (nSPS) is 12.1. The number of aromatic nitrogens is 2. The minimum atomic E-state index is -0.168. The van der Waals surface area contributed by atoms with Crippen molar-refractivity contribution in [3.63, 3.8) is 0 Å². The predicted octanol–water partition coefficient (Wildman–Crippen LogP) is 1.48. The van der Waals surface area contributed by atoms with Crippen molar-refractivity contribution in [2.75, 3.05) is 24.2 Å². The number of nitrogens with zero attached hydrogens (tertiary/aromatic N) is 2. The second kappa shape index (κ2) is 4.74. The van der Waals surface area contributed by atoms with E-state index < -0.39 is 0 Å². The zero-order valence-corrected chi connectivity index (χ0v) is 10.5. The summed E-state index contributed by atoms with van der Waals surface area (Å²) in [5, 5.41) is 16.6. The molecule has 0 radical (unpaired) electrons. The van der Waals surface area contributed by atoms with E-state index in [1.165, 1.54) is 0 Å². The Labute approximate surface area is 96.6 Å². The lowest BCUT2D eigenvalue weighted by atomic mass is 9.95. The maximum absolute atomic E-state index is 9.18. The number of nitrogen functional groups attached to an aromatic ring is 1. The quantitative estimate of drug-likeness (QED) is 0.710. The third kappa shape index (κ3) is 2.88. The van der Waals surface area contributed by atoms with E-state index in [9.17, 15) is 5.11 Å². The molecule has 0 bridgehead atoms. The molecule has 0 spiro atoms. The molecule has 1 heterocycles. The molecule has 0 aliphatic rings. The third-order valence-corrected chi connectivity index (χ3v) is 2.48. The summed E-state index contributed by atoms with van der Waals surface area (Å²) in [5.41, 5.74) is 6.31. The maximum Gasteiger partial charge on any atom is 0.148 e. The number of aliphatic hydroxyl groups is 1. The predicted molar refractivity (Wildman–Crippen MR) is 66.4 cm³/mol. The maximum atomic E-state index is 9.18. The first-order chi connectivity index (χ1) is 7.37. The molecule has 0 aliphatic carbocycles. The fraction of sp³-hybridized carbons (Fsp3) is 0.727. The van der Waals surface area contributed by atoms with Gasteiger partial charge in [-0.25, -0.2) is 4.68 Å². The zero-order valence-electron chi connectivity index (χ0n) is 10.5. The molecule has 0 amide bonds. The van der Waals surface area contributed by atoms with Crippen LogP contribution in [0.3, 0.4) is 0 Å². The van der Waals surface area contributed by atoms with Gasteiger partial charge in [0.25, 0.3) is 0 Å². The number of nitrogens with one attached hydrogen (secondary N) is 1. The smallest absolute Gasteiger partial charge is 0.148 e. The van der Waals surface area contributed by atoms with Crippen molar-refractivity contribution in [3.8, 4) is 0 Å². The summed E-state index contributed by atoms with van der Waals surface area (Å²) >= 11 is 0. The molecule has 0 saturated carbocycles. The van der Waals surface area contributed by atoms with Crippen molar-refractivity contribution < 1.29 is 5.11 Å². The van der Waals surface area contributed by atoms with Crippen molar-refractivity contribution in [2.24, 2.45) is 5.41 Å². The molecule has 1 rings (SSSR count).